The number of benzene rings is 1. The summed E-state index contributed by atoms with van der Waals surface area (Å²) in [4.78, 5) is 24.7. The van der Waals surface area contributed by atoms with Crippen LogP contribution >= 0.6 is 0 Å². The Balaban J connectivity index is 2.09. The fraction of sp³-hybridized carbons (Fsp3) is 0.429. The van der Waals surface area contributed by atoms with Crippen molar-refractivity contribution in [2.75, 3.05) is 18.5 Å². The van der Waals surface area contributed by atoms with Crippen LogP contribution in [0.15, 0.2) is 18.2 Å². The molecule has 1 aromatic rings. The van der Waals surface area contributed by atoms with Crippen LogP contribution in [0.4, 0.5) is 10.5 Å². The Morgan fingerprint density at radius 1 is 1.38 bits per heavy atom. The van der Waals surface area contributed by atoms with Crippen LogP contribution in [0.3, 0.4) is 0 Å². The van der Waals surface area contributed by atoms with Crippen LogP contribution in [0, 0.1) is 0 Å². The SMILES string of the molecule is CC1CN(C(=O)Nc2ccc(C(=O)O)c(O)c2)C(C)CO1. The van der Waals surface area contributed by atoms with Crippen molar-refractivity contribution in [1.82, 2.24) is 4.90 Å². The van der Waals surface area contributed by atoms with Crippen molar-refractivity contribution in [3.05, 3.63) is 23.8 Å². The highest BCUT2D eigenvalue weighted by Crippen LogP contribution is 2.22. The molecule has 2 rings (SSSR count). The minimum Gasteiger partial charge on any atom is -0.507 e. The van der Waals surface area contributed by atoms with Crippen molar-refractivity contribution in [3.63, 3.8) is 0 Å². The van der Waals surface area contributed by atoms with Crippen LogP contribution in [-0.2, 0) is 4.74 Å². The maximum absolute atomic E-state index is 12.2. The number of phenols is 1. The highest BCUT2D eigenvalue weighted by molar-refractivity contribution is 5.94. The largest absolute Gasteiger partial charge is 0.507 e. The molecule has 114 valence electrons. The summed E-state index contributed by atoms with van der Waals surface area (Å²) in [7, 11) is 0. The van der Waals surface area contributed by atoms with Crippen molar-refractivity contribution < 1.29 is 24.5 Å². The number of carbonyl (C=O) groups is 2. The predicted molar refractivity (Wildman–Crippen MR) is 75.7 cm³/mol. The maximum Gasteiger partial charge on any atom is 0.339 e. The van der Waals surface area contributed by atoms with Crippen molar-refractivity contribution in [1.29, 1.82) is 0 Å². The Morgan fingerprint density at radius 3 is 2.71 bits per heavy atom. The summed E-state index contributed by atoms with van der Waals surface area (Å²) in [6.45, 7) is 4.72. The van der Waals surface area contributed by atoms with Crippen LogP contribution < -0.4 is 5.32 Å². The molecule has 0 aliphatic carbocycles. The summed E-state index contributed by atoms with van der Waals surface area (Å²) in [5.41, 5.74) is 0.134. The second-order valence-electron chi connectivity index (χ2n) is 5.11. The fourth-order valence-corrected chi connectivity index (χ4v) is 2.17. The lowest BCUT2D eigenvalue weighted by Crippen LogP contribution is -2.51. The summed E-state index contributed by atoms with van der Waals surface area (Å²) >= 11 is 0. The number of nitrogens with one attached hydrogen (secondary N) is 1. The van der Waals surface area contributed by atoms with E-state index in [0.717, 1.165) is 0 Å². The van der Waals surface area contributed by atoms with E-state index in [1.165, 1.54) is 18.2 Å². The Labute approximate surface area is 122 Å². The predicted octanol–water partition coefficient (Wildman–Crippen LogP) is 1.73. The summed E-state index contributed by atoms with van der Waals surface area (Å²) < 4.78 is 5.45. The first kappa shape index (κ1) is 15.1. The van der Waals surface area contributed by atoms with Crippen LogP contribution in [0.25, 0.3) is 0 Å². The van der Waals surface area contributed by atoms with Gasteiger partial charge in [0.1, 0.15) is 11.3 Å². The Hall–Kier alpha value is -2.28. The molecule has 0 bridgehead atoms. The quantitative estimate of drug-likeness (QED) is 0.771. The second kappa shape index (κ2) is 6.01. The number of ether oxygens (including phenoxy) is 1. The third-order valence-corrected chi connectivity index (χ3v) is 3.35. The zero-order chi connectivity index (χ0) is 15.6. The second-order valence-corrected chi connectivity index (χ2v) is 5.11. The summed E-state index contributed by atoms with van der Waals surface area (Å²) in [5.74, 6) is -1.61. The van der Waals surface area contributed by atoms with Gasteiger partial charge < -0.3 is 25.2 Å². The zero-order valence-electron chi connectivity index (χ0n) is 11.9. The first-order valence-electron chi connectivity index (χ1n) is 6.64. The Bertz CT molecular complexity index is 560. The van der Waals surface area contributed by atoms with E-state index >= 15 is 0 Å². The molecule has 1 heterocycles. The van der Waals surface area contributed by atoms with Crippen LogP contribution in [0.5, 0.6) is 5.75 Å². The van der Waals surface area contributed by atoms with Gasteiger partial charge in [-0.1, -0.05) is 0 Å². The molecule has 2 atom stereocenters. The molecule has 0 saturated carbocycles. The number of hydrogen-bond donors (Lipinski definition) is 3. The van der Waals surface area contributed by atoms with E-state index in [1.807, 2.05) is 13.8 Å². The first-order chi connectivity index (χ1) is 9.88. The van der Waals surface area contributed by atoms with Crippen molar-refractivity contribution >= 4 is 17.7 Å². The van der Waals surface area contributed by atoms with Crippen molar-refractivity contribution in [2.45, 2.75) is 26.0 Å². The van der Waals surface area contributed by atoms with Gasteiger partial charge in [-0.3, -0.25) is 0 Å². The van der Waals surface area contributed by atoms with Gasteiger partial charge in [0.2, 0.25) is 0 Å². The minimum absolute atomic E-state index is 0.0326. The number of urea groups is 1. The number of anilines is 1. The number of carboxylic acids is 1. The standard InChI is InChI=1S/C14H18N2O5/c1-8-7-21-9(2)6-16(8)14(20)15-10-3-4-11(13(18)19)12(17)5-10/h3-5,8-9,17H,6-7H2,1-2H3,(H,15,20)(H,18,19). The number of carbonyl (C=O) groups excluding carboxylic acids is 1. The monoisotopic (exact) mass is 294 g/mol. The summed E-state index contributed by atoms with van der Waals surface area (Å²) in [5, 5.41) is 21.1. The molecular formula is C14H18N2O5. The van der Waals surface area contributed by atoms with Gasteiger partial charge in [0, 0.05) is 18.3 Å². The number of morpholine rings is 1. The number of aromatic carboxylic acids is 1. The smallest absolute Gasteiger partial charge is 0.339 e. The van der Waals surface area contributed by atoms with E-state index in [2.05, 4.69) is 5.32 Å². The molecule has 7 nitrogen and oxygen atoms in total. The van der Waals surface area contributed by atoms with Gasteiger partial charge >= 0.3 is 12.0 Å². The maximum atomic E-state index is 12.2. The molecule has 7 heteroatoms. The lowest BCUT2D eigenvalue weighted by atomic mass is 10.2. The minimum atomic E-state index is -1.22. The molecule has 1 aromatic carbocycles. The van der Waals surface area contributed by atoms with Crippen LogP contribution in [0.2, 0.25) is 0 Å². The first-order valence-corrected chi connectivity index (χ1v) is 6.64. The molecule has 0 spiro atoms. The van der Waals surface area contributed by atoms with Crippen LogP contribution in [0.1, 0.15) is 24.2 Å². The highest BCUT2D eigenvalue weighted by atomic mass is 16.5. The summed E-state index contributed by atoms with van der Waals surface area (Å²) in [6.07, 6.45) is -0.0326. The third-order valence-electron chi connectivity index (χ3n) is 3.35. The van der Waals surface area contributed by atoms with E-state index in [9.17, 15) is 14.7 Å². The number of aromatic hydroxyl groups is 1. The number of carboxylic acid groups (broad SMARTS) is 1. The molecule has 2 unspecified atom stereocenters. The topological polar surface area (TPSA) is 99.1 Å². The van der Waals surface area contributed by atoms with E-state index in [-0.39, 0.29) is 29.5 Å². The molecule has 21 heavy (non-hydrogen) atoms. The molecule has 0 aromatic heterocycles. The molecule has 3 N–H and O–H groups in total. The average Bonchev–Trinajstić information content (AvgIpc) is 2.41. The van der Waals surface area contributed by atoms with E-state index in [4.69, 9.17) is 9.84 Å². The summed E-state index contributed by atoms with van der Waals surface area (Å²) in [6, 6.07) is 3.55. The average molecular weight is 294 g/mol. The van der Waals surface area contributed by atoms with E-state index in [1.54, 1.807) is 4.90 Å². The van der Waals surface area contributed by atoms with Crippen molar-refractivity contribution in [3.8, 4) is 5.75 Å². The lowest BCUT2D eigenvalue weighted by Gasteiger charge is -2.36. The third kappa shape index (κ3) is 3.43. The number of rotatable bonds is 2. The van der Waals surface area contributed by atoms with Gasteiger partial charge in [-0.2, -0.15) is 0 Å². The molecule has 1 saturated heterocycles. The van der Waals surface area contributed by atoms with Crippen molar-refractivity contribution in [2.24, 2.45) is 0 Å². The zero-order valence-corrected chi connectivity index (χ0v) is 11.9. The van der Waals surface area contributed by atoms with E-state index in [0.29, 0.717) is 18.8 Å². The molecule has 1 aliphatic heterocycles. The van der Waals surface area contributed by atoms with Gasteiger partial charge in [-0.15, -0.1) is 0 Å². The number of nitrogens with zero attached hydrogens (tertiary/aromatic N) is 1. The fourth-order valence-electron chi connectivity index (χ4n) is 2.17. The molecular weight excluding hydrogens is 276 g/mol. The van der Waals surface area contributed by atoms with Gasteiger partial charge in [0.05, 0.1) is 18.8 Å². The Morgan fingerprint density at radius 2 is 2.10 bits per heavy atom. The lowest BCUT2D eigenvalue weighted by molar-refractivity contribution is -0.0296. The van der Waals surface area contributed by atoms with Gasteiger partial charge in [0.15, 0.2) is 0 Å². The highest BCUT2D eigenvalue weighted by Gasteiger charge is 2.27. The molecule has 0 radical (unpaired) electrons. The Kier molecular flexibility index (Phi) is 4.32. The number of hydrogen-bond acceptors (Lipinski definition) is 4. The normalized spacial score (nSPS) is 21.9. The van der Waals surface area contributed by atoms with E-state index < -0.39 is 5.97 Å². The molecule has 1 aliphatic rings. The molecule has 1 fully saturated rings. The van der Waals surface area contributed by atoms with Gasteiger partial charge in [-0.25, -0.2) is 9.59 Å². The van der Waals surface area contributed by atoms with Gasteiger partial charge in [-0.05, 0) is 26.0 Å². The van der Waals surface area contributed by atoms with Gasteiger partial charge in [0.25, 0.3) is 0 Å². The number of amides is 2. The van der Waals surface area contributed by atoms with Crippen LogP contribution in [-0.4, -0.2) is 52.4 Å². The molecule has 2 amide bonds.